The Labute approximate surface area is 60.9 Å². The summed E-state index contributed by atoms with van der Waals surface area (Å²) in [6.07, 6.45) is -1.11. The highest BCUT2D eigenvalue weighted by molar-refractivity contribution is 8.12. The molecule has 0 radical (unpaired) electrons. The second-order valence-electron chi connectivity index (χ2n) is 2.74. The Balaban J connectivity index is 2.10. The van der Waals surface area contributed by atoms with Gasteiger partial charge in [0, 0.05) is 26.2 Å². The van der Waals surface area contributed by atoms with Crippen molar-refractivity contribution >= 4 is 18.1 Å². The molecule has 0 bridgehead atoms. The Morgan fingerprint density at radius 1 is 1.11 bits per heavy atom. The van der Waals surface area contributed by atoms with Crippen molar-refractivity contribution < 1.29 is 0 Å². The van der Waals surface area contributed by atoms with Crippen molar-refractivity contribution in [1.29, 1.82) is 0 Å². The zero-order chi connectivity index (χ0) is 6.48. The van der Waals surface area contributed by atoms with Crippen molar-refractivity contribution in [2.45, 2.75) is 0 Å². The molecule has 0 atom stereocenters. The van der Waals surface area contributed by atoms with Crippen LogP contribution in [-0.4, -0.2) is 42.2 Å². The molecule has 2 fully saturated rings. The van der Waals surface area contributed by atoms with Crippen LogP contribution in [0.3, 0.4) is 0 Å². The van der Waals surface area contributed by atoms with E-state index in [1.807, 2.05) is 0 Å². The largest absolute Gasteiger partial charge is 0.261 e. The predicted octanol–water partition coefficient (Wildman–Crippen LogP) is 0.557. The third-order valence-corrected chi connectivity index (χ3v) is 6.18. The average molecular weight is 162 g/mol. The highest BCUT2D eigenvalue weighted by atomic mass is 32.4. The van der Waals surface area contributed by atoms with E-state index in [0.29, 0.717) is 0 Å². The van der Waals surface area contributed by atoms with Crippen LogP contribution in [0, 0.1) is 0 Å². The highest BCUT2D eigenvalue weighted by Crippen LogP contribution is 2.57. The first-order chi connectivity index (χ1) is 4.21. The lowest BCUT2D eigenvalue weighted by Gasteiger charge is -2.17. The van der Waals surface area contributed by atoms with Gasteiger partial charge in [-0.25, -0.2) is 0 Å². The van der Waals surface area contributed by atoms with E-state index in [1.54, 1.807) is 0 Å². The summed E-state index contributed by atoms with van der Waals surface area (Å²) in [6, 6.07) is 0. The van der Waals surface area contributed by atoms with Gasteiger partial charge in [-0.05, 0) is 6.66 Å². The summed E-state index contributed by atoms with van der Waals surface area (Å²) in [5.74, 6) is 0. The van der Waals surface area contributed by atoms with Crippen LogP contribution in [0.15, 0.2) is 0 Å². The lowest BCUT2D eigenvalue weighted by molar-refractivity contribution is 0.801. The van der Waals surface area contributed by atoms with E-state index in [-0.39, 0.29) is 0 Å². The summed E-state index contributed by atoms with van der Waals surface area (Å²) in [5.41, 5.74) is 0. The summed E-state index contributed by atoms with van der Waals surface area (Å²) >= 11 is 5.48. The molecular formula is C5H11N2PS. The van der Waals surface area contributed by atoms with Crippen LogP contribution in [0.1, 0.15) is 0 Å². The van der Waals surface area contributed by atoms with Crippen molar-refractivity contribution in [1.82, 2.24) is 9.34 Å². The molecule has 0 aromatic rings. The topological polar surface area (TPSA) is 6.02 Å². The second kappa shape index (κ2) is 1.79. The van der Waals surface area contributed by atoms with Gasteiger partial charge in [-0.3, -0.25) is 9.34 Å². The molecule has 2 nitrogen and oxygen atoms in total. The third kappa shape index (κ3) is 1.07. The quantitative estimate of drug-likeness (QED) is 0.432. The monoisotopic (exact) mass is 162 g/mol. The molecule has 9 heavy (non-hydrogen) atoms. The molecule has 2 saturated heterocycles. The van der Waals surface area contributed by atoms with Gasteiger partial charge in [-0.15, -0.1) is 0 Å². The van der Waals surface area contributed by atoms with Gasteiger partial charge in [0.1, 0.15) is 0 Å². The Morgan fingerprint density at radius 3 is 1.67 bits per heavy atom. The van der Waals surface area contributed by atoms with Crippen LogP contribution < -0.4 is 0 Å². The molecule has 0 aromatic carbocycles. The zero-order valence-corrected chi connectivity index (χ0v) is 7.29. The van der Waals surface area contributed by atoms with Gasteiger partial charge < -0.3 is 0 Å². The first-order valence-corrected chi connectivity index (χ1v) is 6.45. The minimum atomic E-state index is -1.11. The molecule has 2 aliphatic rings. The van der Waals surface area contributed by atoms with Gasteiger partial charge in [0.2, 0.25) is 0 Å². The maximum atomic E-state index is 5.48. The summed E-state index contributed by atoms with van der Waals surface area (Å²) in [5, 5.41) is 0. The summed E-state index contributed by atoms with van der Waals surface area (Å²) < 4.78 is 4.85. The molecule has 4 heteroatoms. The van der Waals surface area contributed by atoms with Crippen LogP contribution >= 0.6 is 6.34 Å². The van der Waals surface area contributed by atoms with Gasteiger partial charge in [-0.2, -0.15) is 0 Å². The molecule has 0 amide bonds. The Morgan fingerprint density at radius 2 is 1.44 bits per heavy atom. The molecule has 0 spiro atoms. The van der Waals surface area contributed by atoms with Gasteiger partial charge in [0.05, 0.1) is 6.34 Å². The highest BCUT2D eigenvalue weighted by Gasteiger charge is 2.39. The lowest BCUT2D eigenvalue weighted by Crippen LogP contribution is -2.00. The second-order valence-corrected chi connectivity index (χ2v) is 7.62. The third-order valence-electron chi connectivity index (χ3n) is 1.90. The standard InChI is InChI=1S/C5H11N2PS/c1-8(9,6-2-3-6)7-4-5-7/h2-5H2,1H3. The number of rotatable bonds is 2. The summed E-state index contributed by atoms with van der Waals surface area (Å²) in [4.78, 5) is 0. The van der Waals surface area contributed by atoms with Crippen LogP contribution in [0.2, 0.25) is 0 Å². The normalized spacial score (nSPS) is 28.6. The molecule has 0 N–H and O–H groups in total. The fourth-order valence-corrected chi connectivity index (χ4v) is 4.01. The maximum Gasteiger partial charge on any atom is 0.0747 e. The van der Waals surface area contributed by atoms with E-state index < -0.39 is 6.34 Å². The van der Waals surface area contributed by atoms with E-state index in [1.165, 1.54) is 26.2 Å². The van der Waals surface area contributed by atoms with Crippen LogP contribution in [-0.2, 0) is 11.8 Å². The average Bonchev–Trinajstić information content (AvgIpc) is 2.62. The van der Waals surface area contributed by atoms with E-state index in [0.717, 1.165) is 0 Å². The molecule has 0 aromatic heterocycles. The Bertz CT molecular complexity index is 158. The van der Waals surface area contributed by atoms with Crippen molar-refractivity contribution in [3.05, 3.63) is 0 Å². The van der Waals surface area contributed by atoms with E-state index in [9.17, 15) is 0 Å². The predicted molar refractivity (Wildman–Crippen MR) is 43.4 cm³/mol. The molecule has 52 valence electrons. The number of hydrogen-bond acceptors (Lipinski definition) is 1. The SMILES string of the molecule is CP(=S)(N1CC1)N1CC1. The molecule has 0 aliphatic carbocycles. The van der Waals surface area contributed by atoms with Gasteiger partial charge in [0.15, 0.2) is 0 Å². The minimum absolute atomic E-state index is 1.11. The van der Waals surface area contributed by atoms with Crippen molar-refractivity contribution in [2.24, 2.45) is 0 Å². The fourth-order valence-electron chi connectivity index (χ4n) is 1.01. The smallest absolute Gasteiger partial charge is 0.0747 e. The van der Waals surface area contributed by atoms with Gasteiger partial charge >= 0.3 is 0 Å². The van der Waals surface area contributed by atoms with E-state index >= 15 is 0 Å². The minimum Gasteiger partial charge on any atom is -0.261 e. The molecular weight excluding hydrogens is 151 g/mol. The van der Waals surface area contributed by atoms with Crippen LogP contribution in [0.25, 0.3) is 0 Å². The van der Waals surface area contributed by atoms with Crippen molar-refractivity contribution in [3.63, 3.8) is 0 Å². The van der Waals surface area contributed by atoms with E-state index in [2.05, 4.69) is 16.0 Å². The van der Waals surface area contributed by atoms with Crippen molar-refractivity contribution in [2.75, 3.05) is 32.8 Å². The molecule has 2 heterocycles. The first-order valence-electron chi connectivity index (χ1n) is 3.29. The van der Waals surface area contributed by atoms with Gasteiger partial charge in [0.25, 0.3) is 0 Å². The molecule has 0 unspecified atom stereocenters. The Kier molecular flexibility index (Phi) is 1.25. The lowest BCUT2D eigenvalue weighted by atomic mass is 11.0. The van der Waals surface area contributed by atoms with Crippen molar-refractivity contribution in [3.8, 4) is 0 Å². The molecule has 2 aliphatic heterocycles. The first kappa shape index (κ1) is 6.29. The van der Waals surface area contributed by atoms with E-state index in [4.69, 9.17) is 11.8 Å². The zero-order valence-electron chi connectivity index (χ0n) is 5.58. The summed E-state index contributed by atoms with van der Waals surface area (Å²) in [6.45, 7) is 7.26. The Hall–Kier alpha value is 0.570. The van der Waals surface area contributed by atoms with Crippen LogP contribution in [0.5, 0.6) is 0 Å². The number of nitrogens with zero attached hydrogens (tertiary/aromatic N) is 2. The fraction of sp³-hybridized carbons (Fsp3) is 1.00. The van der Waals surface area contributed by atoms with Gasteiger partial charge in [-0.1, -0.05) is 11.8 Å². The number of hydrogen-bond donors (Lipinski definition) is 0. The van der Waals surface area contributed by atoms with Crippen LogP contribution in [0.4, 0.5) is 0 Å². The summed E-state index contributed by atoms with van der Waals surface area (Å²) in [7, 11) is 0. The maximum absolute atomic E-state index is 5.48. The molecule has 0 saturated carbocycles. The molecule has 2 rings (SSSR count).